The Kier molecular flexibility index (Phi) is 52.2. The van der Waals surface area contributed by atoms with Gasteiger partial charge in [-0.3, -0.25) is 30.9 Å². The number of pyridine rings is 4. The van der Waals surface area contributed by atoms with Crippen LogP contribution in [0.4, 0.5) is 25.9 Å². The molecule has 0 N–H and O–H groups in total. The van der Waals surface area contributed by atoms with Crippen molar-refractivity contribution < 1.29 is 83.1 Å². The van der Waals surface area contributed by atoms with E-state index in [1.807, 2.05) is 19.4 Å². The summed E-state index contributed by atoms with van der Waals surface area (Å²) in [6.45, 7) is 2.29. The zero-order valence-electron chi connectivity index (χ0n) is 38.5. The van der Waals surface area contributed by atoms with Gasteiger partial charge >= 0.3 is 15.1 Å². The molecule has 4 aromatic heterocycles. The zero-order valence-corrected chi connectivity index (χ0v) is 40.7. The van der Waals surface area contributed by atoms with E-state index in [4.69, 9.17) is 0 Å². The first kappa shape index (κ1) is 74.2. The topological polar surface area (TPSA) is 24.5 Å². The van der Waals surface area contributed by atoms with Crippen LogP contribution in [0.3, 0.4) is 0 Å². The van der Waals surface area contributed by atoms with Crippen molar-refractivity contribution in [1.82, 2.24) is 4.98 Å². The quantitative estimate of drug-likeness (QED) is 0.0601. The molecule has 0 aliphatic heterocycles. The fraction of sp³-hybridized carbons (Fsp3) is 0.615. The second-order valence-corrected chi connectivity index (χ2v) is 17.0. The van der Waals surface area contributed by atoms with Crippen LogP contribution in [0.5, 0.6) is 0 Å². The normalized spacial score (nSPS) is 14.0. The molecular formula is C52H85B2F8Fe2N4+. The monoisotopic (exact) mass is 1050 g/mol. The van der Waals surface area contributed by atoms with E-state index >= 15 is 0 Å². The molecule has 68 heavy (non-hydrogen) atoms. The first-order valence-electron chi connectivity index (χ1n) is 23.4. The maximum absolute atomic E-state index is 9.67. The van der Waals surface area contributed by atoms with Gasteiger partial charge in [0.15, 0.2) is 37.2 Å². The van der Waals surface area contributed by atoms with Gasteiger partial charge in [-0.15, -0.1) is 0 Å². The number of halogens is 8. The minimum atomic E-state index is -3.67. The van der Waals surface area contributed by atoms with Gasteiger partial charge in [0.25, 0.3) is 0 Å². The summed E-state index contributed by atoms with van der Waals surface area (Å²) in [4.78, 5) is 4.07. The number of hydrogen-bond donors (Lipinski definition) is 0. The second-order valence-electron chi connectivity index (χ2n) is 17.0. The summed E-state index contributed by atoms with van der Waals surface area (Å²) in [6, 6.07) is 17.3. The number of aromatic nitrogens is 4. The van der Waals surface area contributed by atoms with Crippen LogP contribution in [0.25, 0.3) is 22.3 Å². The Morgan fingerprint density at radius 3 is 0.956 bits per heavy atom. The van der Waals surface area contributed by atoms with E-state index in [0.29, 0.717) is 0 Å². The van der Waals surface area contributed by atoms with Gasteiger partial charge < -0.3 is 9.41 Å². The Morgan fingerprint density at radius 2 is 0.676 bits per heavy atom. The molecule has 0 bridgehead atoms. The van der Waals surface area contributed by atoms with E-state index in [-0.39, 0.29) is 65.8 Å². The van der Waals surface area contributed by atoms with Gasteiger partial charge in [0.05, 0.1) is 0 Å². The minimum absolute atomic E-state index is 0. The molecule has 0 saturated heterocycles. The third-order valence-corrected chi connectivity index (χ3v) is 12.1. The van der Waals surface area contributed by atoms with E-state index in [0.717, 1.165) is 24.9 Å². The first-order valence-corrected chi connectivity index (χ1v) is 23.4. The smallest absolute Gasteiger partial charge is 0.762 e. The van der Waals surface area contributed by atoms with Crippen LogP contribution < -0.4 is 23.1 Å². The molecule has 8 rings (SSSR count). The van der Waals surface area contributed by atoms with Gasteiger partial charge in [-0.25, -0.2) is 13.7 Å². The van der Waals surface area contributed by atoms with Crippen molar-refractivity contribution in [2.75, 3.05) is 0 Å². The number of aryl methyl sites for hydroxylation is 3. The summed E-state index contributed by atoms with van der Waals surface area (Å²) in [5, 5.41) is 0. The van der Waals surface area contributed by atoms with Crippen LogP contribution in [0.1, 0.15) is 176 Å². The van der Waals surface area contributed by atoms with Crippen LogP contribution in [-0.4, -0.2) is 20.1 Å². The van der Waals surface area contributed by atoms with Crippen molar-refractivity contribution in [2.24, 2.45) is 18.9 Å². The molecule has 4 nitrogen and oxygen atoms in total. The number of unbranched alkanes of at least 4 members (excludes halogenated alkanes) is 2. The molecule has 0 amide bonds. The molecule has 0 atom stereocenters. The average Bonchev–Trinajstić information content (AvgIpc) is 4.13. The molecule has 0 radical (unpaired) electrons. The maximum Gasteiger partial charge on any atom is 0.762 e. The fourth-order valence-electron chi connectivity index (χ4n) is 8.66. The van der Waals surface area contributed by atoms with Gasteiger partial charge in [0.2, 0.25) is 0 Å². The number of nitrogens with zero attached hydrogens (tertiary/aromatic N) is 4. The largest absolute Gasteiger partial charge is 1.00 e. The van der Waals surface area contributed by atoms with Crippen molar-refractivity contribution in [1.29, 1.82) is 0 Å². The molecular weight excluding hydrogens is 966 g/mol. The van der Waals surface area contributed by atoms with Crippen molar-refractivity contribution >= 4 is 15.1 Å². The van der Waals surface area contributed by atoms with Gasteiger partial charge in [-0.1, -0.05) is 151 Å². The summed E-state index contributed by atoms with van der Waals surface area (Å²) >= 11 is 0. The third kappa shape index (κ3) is 37.1. The minimum Gasteiger partial charge on any atom is -1.00 e. The van der Waals surface area contributed by atoms with Crippen LogP contribution >= 0.6 is 0 Å². The van der Waals surface area contributed by atoms with Crippen molar-refractivity contribution in [3.8, 4) is 22.3 Å². The van der Waals surface area contributed by atoms with E-state index < -0.39 is 15.1 Å². The van der Waals surface area contributed by atoms with Crippen molar-refractivity contribution in [2.45, 2.75) is 189 Å². The van der Waals surface area contributed by atoms with E-state index in [1.54, 1.807) is 0 Å². The van der Waals surface area contributed by atoms with Crippen LogP contribution in [0, 0.1) is 11.8 Å². The molecule has 0 aromatic carbocycles. The molecule has 4 saturated carbocycles. The third-order valence-electron chi connectivity index (χ3n) is 12.1. The second kappa shape index (κ2) is 47.9. The predicted molar refractivity (Wildman–Crippen MR) is 259 cm³/mol. The summed E-state index contributed by atoms with van der Waals surface area (Å²) in [7, 11) is -5.28. The number of hydrogen-bond acceptors (Lipinski definition) is 1. The molecule has 390 valence electrons. The SMILES string of the molecule is C.C.C.C1CCCC1.C1CCCC1.C[n+]1ccc(-c2cc[n+](CCCCC3CCCC3)cc2)cc1.FB(F)F.FB(F)F.[F-].[F-].[Fe].[Fe].c1cc(-c2cc[n+](CCCCC3CCCC3)cc2)ccn1. The molecule has 4 fully saturated rings. The van der Waals surface area contributed by atoms with Crippen molar-refractivity contribution in [3.63, 3.8) is 0 Å². The molecule has 0 spiro atoms. The molecule has 4 heterocycles. The Labute approximate surface area is 429 Å². The Hall–Kier alpha value is -2.79. The van der Waals surface area contributed by atoms with Crippen molar-refractivity contribution in [3.05, 3.63) is 98.1 Å². The zero-order chi connectivity index (χ0) is 43.8. The fourth-order valence-corrected chi connectivity index (χ4v) is 8.66. The maximum atomic E-state index is 9.67. The summed E-state index contributed by atoms with van der Waals surface area (Å²) in [5.74, 6) is 2.07. The Bertz CT molecular complexity index is 1580. The van der Waals surface area contributed by atoms with Crippen LogP contribution in [0.2, 0.25) is 0 Å². The standard InChI is InChI=1S/C20H28N2.C19H25N2.2C5H10.3CH4.2BF3.2FH.2Fe/c1-21-14-9-19(10-15-21)20-11-16-22(17-12-20)13-5-4-8-18-6-2-3-7-18;1-2-6-17(5-1)7-3-4-14-21-15-10-19(11-16-21)18-8-12-20-13-9-18;2*1-2-4-5-3-1;;;;2*2-1(3)4;;;;/h9-12,14-18H,2-8,13H2,1H3;8-13,15-17H,1-7,14H2;2*1-5H2;3*1H4;;;2*1H;;/q+2;+1;;;;;;;;;;;/p-2. The molecule has 4 aliphatic carbocycles. The molecule has 4 aliphatic rings. The van der Waals surface area contributed by atoms with Gasteiger partial charge in [-0.05, 0) is 59.1 Å². The summed E-state index contributed by atoms with van der Waals surface area (Å²) in [6.07, 6.45) is 51.8. The predicted octanol–water partition coefficient (Wildman–Crippen LogP) is 9.79. The Balaban J connectivity index is -0.000000265. The summed E-state index contributed by atoms with van der Waals surface area (Å²) < 4.78 is 64.7. The average molecular weight is 1050 g/mol. The number of rotatable bonds is 12. The Morgan fingerprint density at radius 1 is 0.426 bits per heavy atom. The van der Waals surface area contributed by atoms with E-state index in [2.05, 4.69) is 104 Å². The van der Waals surface area contributed by atoms with Gasteiger partial charge in [0.1, 0.15) is 20.1 Å². The first-order chi connectivity index (χ1) is 29.7. The van der Waals surface area contributed by atoms with E-state index in [1.165, 1.54) is 176 Å². The molecule has 16 heteroatoms. The summed E-state index contributed by atoms with van der Waals surface area (Å²) in [5.41, 5.74) is 5.08. The van der Waals surface area contributed by atoms with Crippen LogP contribution in [0.15, 0.2) is 98.1 Å². The van der Waals surface area contributed by atoms with Crippen LogP contribution in [-0.2, 0) is 54.3 Å². The molecule has 4 aromatic rings. The van der Waals surface area contributed by atoms with E-state index in [9.17, 15) is 25.9 Å². The van der Waals surface area contributed by atoms with Gasteiger partial charge in [-0.2, -0.15) is 0 Å². The molecule has 0 unspecified atom stereocenters. The van der Waals surface area contributed by atoms with Gasteiger partial charge in [0, 0.05) is 95.8 Å².